The van der Waals surface area contributed by atoms with Crippen LogP contribution >= 0.6 is 0 Å². The second-order valence-corrected chi connectivity index (χ2v) is 4.71. The third-order valence-corrected chi connectivity index (χ3v) is 2.95. The molecular weight excluding hydrogens is 259 g/mol. The van der Waals surface area contributed by atoms with Crippen LogP contribution in [0.25, 0.3) is 0 Å². The number of hydrogen-bond donors (Lipinski definition) is 2. The van der Waals surface area contributed by atoms with E-state index in [2.05, 4.69) is 10.6 Å². The summed E-state index contributed by atoms with van der Waals surface area (Å²) in [6.45, 7) is 7.15. The Bertz CT molecular complexity index is 438. The van der Waals surface area contributed by atoms with Crippen molar-refractivity contribution in [1.82, 2.24) is 10.6 Å². The highest BCUT2D eigenvalue weighted by molar-refractivity contribution is 5.77. The molecule has 0 fully saturated rings. The van der Waals surface area contributed by atoms with Crippen molar-refractivity contribution in [1.29, 1.82) is 0 Å². The van der Waals surface area contributed by atoms with Crippen molar-refractivity contribution in [2.75, 3.05) is 13.2 Å². The summed E-state index contributed by atoms with van der Waals surface area (Å²) in [5, 5.41) is 5.88. The molecule has 20 heavy (non-hydrogen) atoms. The number of amides is 1. The highest BCUT2D eigenvalue weighted by atomic mass is 19.1. The van der Waals surface area contributed by atoms with Crippen LogP contribution < -0.4 is 15.4 Å². The maximum Gasteiger partial charge on any atom is 0.258 e. The highest BCUT2D eigenvalue weighted by Crippen LogP contribution is 2.18. The van der Waals surface area contributed by atoms with E-state index >= 15 is 0 Å². The molecular formula is C15H23FN2O2. The van der Waals surface area contributed by atoms with E-state index < -0.39 is 5.82 Å². The minimum absolute atomic E-state index is 0.0958. The van der Waals surface area contributed by atoms with E-state index in [1.54, 1.807) is 12.1 Å². The van der Waals surface area contributed by atoms with E-state index in [9.17, 15) is 9.18 Å². The van der Waals surface area contributed by atoms with Gasteiger partial charge in [-0.05, 0) is 37.6 Å². The smallest absolute Gasteiger partial charge is 0.258 e. The Hall–Kier alpha value is -1.62. The van der Waals surface area contributed by atoms with Crippen LogP contribution in [0.3, 0.4) is 0 Å². The number of nitrogens with one attached hydrogen (secondary N) is 2. The molecule has 0 heterocycles. The third kappa shape index (κ3) is 5.57. The van der Waals surface area contributed by atoms with Gasteiger partial charge in [0.1, 0.15) is 0 Å². The molecule has 0 bridgehead atoms. The minimum Gasteiger partial charge on any atom is -0.481 e. The zero-order chi connectivity index (χ0) is 15.0. The molecule has 0 aliphatic rings. The first-order valence-corrected chi connectivity index (χ1v) is 6.98. The van der Waals surface area contributed by atoms with E-state index in [1.807, 2.05) is 20.8 Å². The number of halogens is 1. The van der Waals surface area contributed by atoms with Crippen molar-refractivity contribution in [2.24, 2.45) is 0 Å². The van der Waals surface area contributed by atoms with Crippen LogP contribution in [-0.2, 0) is 11.3 Å². The van der Waals surface area contributed by atoms with Gasteiger partial charge in [-0.25, -0.2) is 4.39 Å². The van der Waals surface area contributed by atoms with Crippen molar-refractivity contribution in [3.8, 4) is 5.75 Å². The summed E-state index contributed by atoms with van der Waals surface area (Å²) in [5.41, 5.74) is 0.848. The van der Waals surface area contributed by atoms with Gasteiger partial charge in [-0.1, -0.05) is 19.9 Å². The molecule has 2 N–H and O–H groups in total. The van der Waals surface area contributed by atoms with Crippen molar-refractivity contribution >= 4 is 5.91 Å². The number of ether oxygens (including phenoxy) is 1. The predicted octanol–water partition coefficient (Wildman–Crippen LogP) is 2.23. The molecule has 1 unspecified atom stereocenters. The monoisotopic (exact) mass is 282 g/mol. The standard InChI is InChI=1S/C15H23FN2O2/c1-4-11(3)18-15(19)10-20-14-7-6-12(8-13(14)16)9-17-5-2/h6-8,11,17H,4-5,9-10H2,1-3H3,(H,18,19). The van der Waals surface area contributed by atoms with Crippen LogP contribution in [0.4, 0.5) is 4.39 Å². The number of hydrogen-bond acceptors (Lipinski definition) is 3. The fourth-order valence-electron chi connectivity index (χ4n) is 1.60. The van der Waals surface area contributed by atoms with E-state index in [0.717, 1.165) is 18.5 Å². The van der Waals surface area contributed by atoms with Gasteiger partial charge in [0.05, 0.1) is 0 Å². The Labute approximate surface area is 119 Å². The fraction of sp³-hybridized carbons (Fsp3) is 0.533. The summed E-state index contributed by atoms with van der Waals surface area (Å²) in [7, 11) is 0. The number of rotatable bonds is 8. The van der Waals surface area contributed by atoms with Gasteiger partial charge in [0.2, 0.25) is 0 Å². The highest BCUT2D eigenvalue weighted by Gasteiger charge is 2.09. The van der Waals surface area contributed by atoms with Gasteiger partial charge >= 0.3 is 0 Å². The summed E-state index contributed by atoms with van der Waals surface area (Å²) in [6.07, 6.45) is 0.846. The number of carbonyl (C=O) groups excluding carboxylic acids is 1. The van der Waals surface area contributed by atoms with Gasteiger partial charge in [-0.15, -0.1) is 0 Å². The summed E-state index contributed by atoms with van der Waals surface area (Å²) in [6, 6.07) is 4.86. The Kier molecular flexibility index (Phi) is 7.01. The molecule has 0 aliphatic carbocycles. The molecule has 0 aromatic heterocycles. The zero-order valence-electron chi connectivity index (χ0n) is 12.3. The molecule has 5 heteroatoms. The zero-order valence-corrected chi connectivity index (χ0v) is 12.3. The molecule has 1 aromatic rings. The first kappa shape index (κ1) is 16.4. The van der Waals surface area contributed by atoms with Gasteiger partial charge < -0.3 is 15.4 Å². The molecule has 1 rings (SSSR count). The Morgan fingerprint density at radius 1 is 1.40 bits per heavy atom. The second kappa shape index (κ2) is 8.53. The Balaban J connectivity index is 2.50. The normalized spacial score (nSPS) is 12.0. The van der Waals surface area contributed by atoms with Gasteiger partial charge in [0, 0.05) is 12.6 Å². The lowest BCUT2D eigenvalue weighted by atomic mass is 10.2. The molecule has 4 nitrogen and oxygen atoms in total. The third-order valence-electron chi connectivity index (χ3n) is 2.95. The molecule has 0 saturated heterocycles. The van der Waals surface area contributed by atoms with Crippen LogP contribution in [0.2, 0.25) is 0 Å². The summed E-state index contributed by atoms with van der Waals surface area (Å²) in [5.74, 6) is -0.586. The van der Waals surface area contributed by atoms with Crippen molar-refractivity contribution in [2.45, 2.75) is 39.8 Å². The van der Waals surface area contributed by atoms with Crippen LogP contribution in [-0.4, -0.2) is 25.1 Å². The van der Waals surface area contributed by atoms with Gasteiger partial charge in [-0.2, -0.15) is 0 Å². The van der Waals surface area contributed by atoms with Crippen LogP contribution in [0.1, 0.15) is 32.8 Å². The molecule has 0 spiro atoms. The maximum absolute atomic E-state index is 13.8. The largest absolute Gasteiger partial charge is 0.481 e. The maximum atomic E-state index is 13.8. The van der Waals surface area contributed by atoms with Crippen LogP contribution in [0.5, 0.6) is 5.75 Å². The van der Waals surface area contributed by atoms with E-state index in [0.29, 0.717) is 6.54 Å². The quantitative estimate of drug-likeness (QED) is 0.769. The lowest BCUT2D eigenvalue weighted by molar-refractivity contribution is -0.123. The van der Waals surface area contributed by atoms with Gasteiger partial charge in [-0.3, -0.25) is 4.79 Å². The number of benzene rings is 1. The van der Waals surface area contributed by atoms with Crippen molar-refractivity contribution in [3.05, 3.63) is 29.6 Å². The van der Waals surface area contributed by atoms with E-state index in [4.69, 9.17) is 4.74 Å². The van der Waals surface area contributed by atoms with Crippen LogP contribution in [0, 0.1) is 5.82 Å². The Morgan fingerprint density at radius 2 is 2.15 bits per heavy atom. The topological polar surface area (TPSA) is 50.4 Å². The SMILES string of the molecule is CCNCc1ccc(OCC(=O)NC(C)CC)c(F)c1. The lowest BCUT2D eigenvalue weighted by Gasteiger charge is -2.12. The number of carbonyl (C=O) groups is 1. The Morgan fingerprint density at radius 3 is 2.75 bits per heavy atom. The van der Waals surface area contributed by atoms with E-state index in [-0.39, 0.29) is 24.3 Å². The summed E-state index contributed by atoms with van der Waals surface area (Å²) >= 11 is 0. The molecule has 0 aliphatic heterocycles. The molecule has 1 atom stereocenters. The van der Waals surface area contributed by atoms with Gasteiger partial charge in [0.25, 0.3) is 5.91 Å². The predicted molar refractivity (Wildman–Crippen MR) is 77.2 cm³/mol. The fourth-order valence-corrected chi connectivity index (χ4v) is 1.60. The molecule has 112 valence electrons. The first-order valence-electron chi connectivity index (χ1n) is 6.98. The second-order valence-electron chi connectivity index (χ2n) is 4.71. The molecule has 1 aromatic carbocycles. The molecule has 0 radical (unpaired) electrons. The average Bonchev–Trinajstić information content (AvgIpc) is 2.43. The van der Waals surface area contributed by atoms with Crippen molar-refractivity contribution < 1.29 is 13.9 Å². The average molecular weight is 282 g/mol. The van der Waals surface area contributed by atoms with Gasteiger partial charge in [0.15, 0.2) is 18.2 Å². The lowest BCUT2D eigenvalue weighted by Crippen LogP contribution is -2.35. The molecule has 1 amide bonds. The minimum atomic E-state index is -0.447. The first-order chi connectivity index (χ1) is 9.56. The summed E-state index contributed by atoms with van der Waals surface area (Å²) < 4.78 is 19.0. The summed E-state index contributed by atoms with van der Waals surface area (Å²) in [4.78, 5) is 11.5. The molecule has 0 saturated carbocycles. The van der Waals surface area contributed by atoms with Crippen molar-refractivity contribution in [3.63, 3.8) is 0 Å². The van der Waals surface area contributed by atoms with Crippen LogP contribution in [0.15, 0.2) is 18.2 Å². The van der Waals surface area contributed by atoms with E-state index in [1.165, 1.54) is 6.07 Å².